The fraction of sp³-hybridized carbons (Fsp3) is 0.333. The van der Waals surface area contributed by atoms with Crippen LogP contribution >= 0.6 is 0 Å². The molecule has 0 atom stereocenters. The number of ether oxygens (including phenoxy) is 1. The van der Waals surface area contributed by atoms with Crippen molar-refractivity contribution in [3.63, 3.8) is 0 Å². The van der Waals surface area contributed by atoms with Gasteiger partial charge in [0.2, 0.25) is 5.82 Å². The molecule has 0 saturated carbocycles. The summed E-state index contributed by atoms with van der Waals surface area (Å²) in [5, 5.41) is 3.33. The predicted octanol–water partition coefficient (Wildman–Crippen LogP) is 1.66. The van der Waals surface area contributed by atoms with Crippen LogP contribution in [0.4, 0.5) is 13.2 Å². The van der Waals surface area contributed by atoms with E-state index in [1.165, 1.54) is 7.11 Å². The molecule has 2 rings (SSSR count). The van der Waals surface area contributed by atoms with E-state index in [0.717, 1.165) is 11.7 Å². The highest BCUT2D eigenvalue weighted by atomic mass is 19.4. The second kappa shape index (κ2) is 5.03. The maximum absolute atomic E-state index is 12.6. The Bertz CT molecular complexity index is 673. The van der Waals surface area contributed by atoms with Gasteiger partial charge in [0, 0.05) is 7.05 Å². The van der Waals surface area contributed by atoms with Gasteiger partial charge in [-0.3, -0.25) is 4.57 Å². The third-order valence-corrected chi connectivity index (χ3v) is 2.76. The number of alkyl halides is 3. The van der Waals surface area contributed by atoms with E-state index in [1.54, 1.807) is 24.3 Å². The molecule has 0 spiro atoms. The van der Waals surface area contributed by atoms with Gasteiger partial charge >= 0.3 is 11.9 Å². The van der Waals surface area contributed by atoms with Crippen LogP contribution in [-0.2, 0) is 19.8 Å². The molecule has 0 fully saturated rings. The molecule has 0 N–H and O–H groups in total. The highest BCUT2D eigenvalue weighted by molar-refractivity contribution is 5.28. The molecule has 1 aromatic carbocycles. The lowest BCUT2D eigenvalue weighted by atomic mass is 10.2. The molecule has 0 aliphatic carbocycles. The molecule has 1 aromatic heterocycles. The van der Waals surface area contributed by atoms with E-state index in [1.807, 2.05) is 0 Å². The van der Waals surface area contributed by atoms with Gasteiger partial charge in [0.1, 0.15) is 5.75 Å². The molecule has 20 heavy (non-hydrogen) atoms. The van der Waals surface area contributed by atoms with Crippen LogP contribution in [0.5, 0.6) is 5.75 Å². The minimum atomic E-state index is -4.66. The summed E-state index contributed by atoms with van der Waals surface area (Å²) in [6.45, 7) is -0.0556. The molecule has 0 unspecified atom stereocenters. The van der Waals surface area contributed by atoms with Crippen LogP contribution in [0.1, 0.15) is 11.4 Å². The Labute approximate surface area is 112 Å². The van der Waals surface area contributed by atoms with Gasteiger partial charge in [0.05, 0.1) is 13.7 Å². The van der Waals surface area contributed by atoms with Crippen molar-refractivity contribution in [3.05, 3.63) is 46.1 Å². The van der Waals surface area contributed by atoms with Crippen molar-refractivity contribution in [3.8, 4) is 5.75 Å². The van der Waals surface area contributed by atoms with Gasteiger partial charge in [-0.25, -0.2) is 9.48 Å². The largest absolute Gasteiger partial charge is 0.497 e. The minimum absolute atomic E-state index is 0.0556. The maximum Gasteiger partial charge on any atom is 0.451 e. The standard InChI is InChI=1S/C12H12F3N3O2/c1-17-10(12(13,14)15)16-18(11(17)19)7-8-4-3-5-9(6-8)20-2/h3-6H,7H2,1-2H3. The van der Waals surface area contributed by atoms with Crippen LogP contribution in [0.3, 0.4) is 0 Å². The van der Waals surface area contributed by atoms with Crippen molar-refractivity contribution < 1.29 is 17.9 Å². The molecule has 0 amide bonds. The summed E-state index contributed by atoms with van der Waals surface area (Å²) in [6, 6.07) is 6.70. The average Bonchev–Trinajstić information content (AvgIpc) is 2.67. The predicted molar refractivity (Wildman–Crippen MR) is 64.6 cm³/mol. The van der Waals surface area contributed by atoms with Gasteiger partial charge in [-0.2, -0.15) is 13.2 Å². The van der Waals surface area contributed by atoms with E-state index >= 15 is 0 Å². The highest BCUT2D eigenvalue weighted by Gasteiger charge is 2.37. The van der Waals surface area contributed by atoms with Crippen LogP contribution in [0.2, 0.25) is 0 Å². The van der Waals surface area contributed by atoms with Gasteiger partial charge in [-0.1, -0.05) is 12.1 Å². The van der Waals surface area contributed by atoms with Crippen LogP contribution in [0.25, 0.3) is 0 Å². The molecule has 0 saturated heterocycles. The molecule has 0 bridgehead atoms. The molecule has 5 nitrogen and oxygen atoms in total. The Morgan fingerprint density at radius 3 is 2.60 bits per heavy atom. The number of hydrogen-bond donors (Lipinski definition) is 0. The minimum Gasteiger partial charge on any atom is -0.497 e. The van der Waals surface area contributed by atoms with Crippen LogP contribution < -0.4 is 10.4 Å². The van der Waals surface area contributed by atoms with Crippen molar-refractivity contribution in [2.45, 2.75) is 12.7 Å². The second-order valence-electron chi connectivity index (χ2n) is 4.17. The monoisotopic (exact) mass is 287 g/mol. The van der Waals surface area contributed by atoms with E-state index < -0.39 is 17.7 Å². The van der Waals surface area contributed by atoms with Gasteiger partial charge in [-0.05, 0) is 17.7 Å². The van der Waals surface area contributed by atoms with Gasteiger partial charge in [0.15, 0.2) is 0 Å². The Hall–Kier alpha value is -2.25. The molecule has 0 aliphatic heterocycles. The first-order valence-electron chi connectivity index (χ1n) is 5.67. The normalized spacial score (nSPS) is 11.7. The molecular formula is C12H12F3N3O2. The van der Waals surface area contributed by atoms with Crippen molar-refractivity contribution in [2.75, 3.05) is 7.11 Å². The van der Waals surface area contributed by atoms with Crippen molar-refractivity contribution >= 4 is 0 Å². The van der Waals surface area contributed by atoms with E-state index in [-0.39, 0.29) is 6.54 Å². The van der Waals surface area contributed by atoms with E-state index in [9.17, 15) is 18.0 Å². The number of benzene rings is 1. The topological polar surface area (TPSA) is 49.0 Å². The zero-order valence-electron chi connectivity index (χ0n) is 10.8. The second-order valence-corrected chi connectivity index (χ2v) is 4.17. The Morgan fingerprint density at radius 1 is 1.35 bits per heavy atom. The summed E-state index contributed by atoms with van der Waals surface area (Å²) in [7, 11) is 2.52. The molecule has 108 valence electrons. The van der Waals surface area contributed by atoms with Gasteiger partial charge < -0.3 is 4.74 Å². The lowest BCUT2D eigenvalue weighted by Gasteiger charge is -2.04. The lowest BCUT2D eigenvalue weighted by Crippen LogP contribution is -2.24. The lowest BCUT2D eigenvalue weighted by molar-refractivity contribution is -0.147. The summed E-state index contributed by atoms with van der Waals surface area (Å²) in [4.78, 5) is 11.7. The first kappa shape index (κ1) is 14.2. The number of methoxy groups -OCH3 is 1. The molecule has 0 radical (unpaired) electrons. The highest BCUT2D eigenvalue weighted by Crippen LogP contribution is 2.26. The van der Waals surface area contributed by atoms with E-state index in [2.05, 4.69) is 5.10 Å². The van der Waals surface area contributed by atoms with Crippen LogP contribution in [0.15, 0.2) is 29.1 Å². The summed E-state index contributed by atoms with van der Waals surface area (Å²) >= 11 is 0. The van der Waals surface area contributed by atoms with Crippen molar-refractivity contribution in [1.29, 1.82) is 0 Å². The first-order chi connectivity index (χ1) is 9.32. The van der Waals surface area contributed by atoms with Crippen LogP contribution in [0, 0.1) is 0 Å². The Morgan fingerprint density at radius 2 is 2.05 bits per heavy atom. The maximum atomic E-state index is 12.6. The molecule has 2 aromatic rings. The number of rotatable bonds is 3. The third-order valence-electron chi connectivity index (χ3n) is 2.76. The fourth-order valence-electron chi connectivity index (χ4n) is 1.78. The average molecular weight is 287 g/mol. The fourth-order valence-corrected chi connectivity index (χ4v) is 1.78. The molecular weight excluding hydrogens is 275 g/mol. The number of nitrogens with zero attached hydrogens (tertiary/aromatic N) is 3. The Kier molecular flexibility index (Phi) is 3.56. The summed E-state index contributed by atoms with van der Waals surface area (Å²) < 4.78 is 44.2. The zero-order chi connectivity index (χ0) is 14.9. The van der Waals surface area contributed by atoms with Gasteiger partial charge in [-0.15, -0.1) is 5.10 Å². The summed E-state index contributed by atoms with van der Waals surface area (Å²) in [6.07, 6.45) is -4.66. The quantitative estimate of drug-likeness (QED) is 0.862. The summed E-state index contributed by atoms with van der Waals surface area (Å²) in [5.74, 6) is -0.659. The third kappa shape index (κ3) is 2.68. The SMILES string of the molecule is COc1cccc(Cn2nc(C(F)(F)F)n(C)c2=O)c1. The number of aromatic nitrogens is 3. The van der Waals surface area contributed by atoms with Gasteiger partial charge in [0.25, 0.3) is 0 Å². The van der Waals surface area contributed by atoms with E-state index in [4.69, 9.17) is 4.74 Å². The van der Waals surface area contributed by atoms with Crippen molar-refractivity contribution in [2.24, 2.45) is 7.05 Å². The first-order valence-corrected chi connectivity index (χ1v) is 5.67. The molecule has 1 heterocycles. The smallest absolute Gasteiger partial charge is 0.451 e. The van der Waals surface area contributed by atoms with E-state index in [0.29, 0.717) is 15.9 Å². The zero-order valence-corrected chi connectivity index (χ0v) is 10.8. The van der Waals surface area contributed by atoms with Crippen LogP contribution in [-0.4, -0.2) is 21.5 Å². The number of hydrogen-bond acceptors (Lipinski definition) is 3. The molecule has 0 aliphatic rings. The van der Waals surface area contributed by atoms with Crippen molar-refractivity contribution in [1.82, 2.24) is 14.3 Å². The Balaban J connectivity index is 2.37. The molecule has 8 heteroatoms. The summed E-state index contributed by atoms with van der Waals surface area (Å²) in [5.41, 5.74) is -0.196. The number of halogens is 3.